The van der Waals surface area contributed by atoms with Crippen molar-refractivity contribution in [2.75, 3.05) is 39.4 Å². The van der Waals surface area contributed by atoms with E-state index < -0.39 is 5.60 Å². The minimum atomic E-state index is -1.05. The summed E-state index contributed by atoms with van der Waals surface area (Å²) in [7, 11) is 0. The summed E-state index contributed by atoms with van der Waals surface area (Å²) in [6.45, 7) is 3.38. The van der Waals surface area contributed by atoms with Gasteiger partial charge in [0.2, 0.25) is 0 Å². The van der Waals surface area contributed by atoms with Crippen molar-refractivity contribution in [2.45, 2.75) is 18.1 Å². The summed E-state index contributed by atoms with van der Waals surface area (Å²) >= 11 is 0. The van der Waals surface area contributed by atoms with Crippen molar-refractivity contribution >= 4 is 5.91 Å². The SMILES string of the molecule is O=C(c1ncccc1O)N1CC[C@](O)(c2ccccc2)[C@H](N2CCOCC2)C1. The average molecular weight is 383 g/mol. The van der Waals surface area contributed by atoms with Gasteiger partial charge in [0.05, 0.1) is 19.3 Å². The summed E-state index contributed by atoms with van der Waals surface area (Å²) < 4.78 is 5.48. The number of aliphatic hydroxyl groups is 1. The fourth-order valence-corrected chi connectivity index (χ4v) is 4.19. The first-order valence-corrected chi connectivity index (χ1v) is 9.62. The quantitative estimate of drug-likeness (QED) is 0.829. The molecule has 4 rings (SSSR count). The molecule has 7 heteroatoms. The first-order chi connectivity index (χ1) is 13.6. The molecule has 28 heavy (non-hydrogen) atoms. The molecule has 148 valence electrons. The second kappa shape index (κ2) is 7.87. The smallest absolute Gasteiger partial charge is 0.276 e. The van der Waals surface area contributed by atoms with E-state index in [0.717, 1.165) is 5.56 Å². The number of aromatic hydroxyl groups is 1. The van der Waals surface area contributed by atoms with Gasteiger partial charge in [-0.2, -0.15) is 0 Å². The maximum absolute atomic E-state index is 13.0. The van der Waals surface area contributed by atoms with Crippen LogP contribution in [-0.4, -0.2) is 76.3 Å². The van der Waals surface area contributed by atoms with E-state index in [2.05, 4.69) is 9.88 Å². The van der Waals surface area contributed by atoms with Gasteiger partial charge in [-0.1, -0.05) is 30.3 Å². The van der Waals surface area contributed by atoms with Gasteiger partial charge in [-0.3, -0.25) is 9.69 Å². The van der Waals surface area contributed by atoms with Gasteiger partial charge < -0.3 is 19.8 Å². The third-order valence-electron chi connectivity index (χ3n) is 5.74. The van der Waals surface area contributed by atoms with E-state index in [1.165, 1.54) is 12.3 Å². The number of hydrogen-bond donors (Lipinski definition) is 2. The Hall–Kier alpha value is -2.48. The van der Waals surface area contributed by atoms with Crippen molar-refractivity contribution in [1.82, 2.24) is 14.8 Å². The van der Waals surface area contributed by atoms with Crippen LogP contribution in [0.4, 0.5) is 0 Å². The predicted molar refractivity (Wildman–Crippen MR) is 103 cm³/mol. The Morgan fingerprint density at radius 3 is 2.57 bits per heavy atom. The molecular weight excluding hydrogens is 358 g/mol. The first-order valence-electron chi connectivity index (χ1n) is 9.62. The largest absolute Gasteiger partial charge is 0.505 e. The highest BCUT2D eigenvalue weighted by Gasteiger charge is 2.47. The van der Waals surface area contributed by atoms with Gasteiger partial charge >= 0.3 is 0 Å². The highest BCUT2D eigenvalue weighted by Crippen LogP contribution is 2.37. The summed E-state index contributed by atoms with van der Waals surface area (Å²) in [5, 5.41) is 21.7. The lowest BCUT2D eigenvalue weighted by Crippen LogP contribution is -2.63. The van der Waals surface area contributed by atoms with Crippen LogP contribution in [0.5, 0.6) is 5.75 Å². The number of pyridine rings is 1. The van der Waals surface area contributed by atoms with Gasteiger partial charge in [-0.15, -0.1) is 0 Å². The van der Waals surface area contributed by atoms with Crippen molar-refractivity contribution in [1.29, 1.82) is 0 Å². The number of nitrogens with zero attached hydrogens (tertiary/aromatic N) is 3. The van der Waals surface area contributed by atoms with Gasteiger partial charge in [-0.25, -0.2) is 4.98 Å². The van der Waals surface area contributed by atoms with Crippen LogP contribution in [-0.2, 0) is 10.3 Å². The normalized spacial score (nSPS) is 26.2. The number of benzene rings is 1. The first kappa shape index (κ1) is 18.9. The number of likely N-dealkylation sites (tertiary alicyclic amines) is 1. The van der Waals surface area contributed by atoms with E-state index >= 15 is 0 Å². The second-order valence-corrected chi connectivity index (χ2v) is 7.33. The average Bonchev–Trinajstić information content (AvgIpc) is 2.75. The molecule has 0 unspecified atom stereocenters. The lowest BCUT2D eigenvalue weighted by molar-refractivity contribution is -0.112. The third-order valence-corrected chi connectivity index (χ3v) is 5.74. The Bertz CT molecular complexity index is 825. The molecule has 1 amide bonds. The Morgan fingerprint density at radius 2 is 1.86 bits per heavy atom. The monoisotopic (exact) mass is 383 g/mol. The number of ether oxygens (including phenoxy) is 1. The van der Waals surface area contributed by atoms with Crippen LogP contribution >= 0.6 is 0 Å². The fraction of sp³-hybridized carbons (Fsp3) is 0.429. The molecule has 2 aliphatic heterocycles. The molecule has 2 aromatic rings. The molecule has 1 aromatic heterocycles. The number of rotatable bonds is 3. The number of hydrogen-bond acceptors (Lipinski definition) is 6. The van der Waals surface area contributed by atoms with Crippen molar-refractivity contribution in [2.24, 2.45) is 0 Å². The molecule has 0 aliphatic carbocycles. The molecule has 2 aliphatic rings. The number of carbonyl (C=O) groups excluding carboxylic acids is 1. The molecule has 0 saturated carbocycles. The maximum atomic E-state index is 13.0. The Morgan fingerprint density at radius 1 is 1.11 bits per heavy atom. The van der Waals surface area contributed by atoms with Crippen molar-refractivity contribution in [3.05, 3.63) is 59.9 Å². The molecular formula is C21H25N3O4. The molecule has 0 radical (unpaired) electrons. The number of morpholine rings is 1. The Kier molecular flexibility index (Phi) is 5.30. The molecule has 7 nitrogen and oxygen atoms in total. The Labute approximate surface area is 164 Å². The van der Waals surface area contributed by atoms with Gasteiger partial charge in [0, 0.05) is 32.4 Å². The molecule has 2 saturated heterocycles. The van der Waals surface area contributed by atoms with Crippen molar-refractivity contribution in [3.63, 3.8) is 0 Å². The lowest BCUT2D eigenvalue weighted by atomic mass is 9.79. The van der Waals surface area contributed by atoms with E-state index in [0.29, 0.717) is 45.8 Å². The number of amides is 1. The predicted octanol–water partition coefficient (Wildman–Crippen LogP) is 1.22. The van der Waals surface area contributed by atoms with Crippen LogP contribution in [0.1, 0.15) is 22.5 Å². The third kappa shape index (κ3) is 3.48. The molecule has 3 heterocycles. The van der Waals surface area contributed by atoms with Gasteiger partial charge in [-0.05, 0) is 24.1 Å². The van der Waals surface area contributed by atoms with Gasteiger partial charge in [0.15, 0.2) is 5.69 Å². The van der Waals surface area contributed by atoms with Crippen LogP contribution in [0.2, 0.25) is 0 Å². The van der Waals surface area contributed by atoms with E-state index in [-0.39, 0.29) is 23.4 Å². The Balaban J connectivity index is 1.63. The standard InChI is InChI=1S/C21H25N3O4/c25-17-7-4-9-22-19(17)20(26)24-10-8-21(27,16-5-2-1-3-6-16)18(15-24)23-11-13-28-14-12-23/h1-7,9,18,25,27H,8,10-15H2/t18-,21+/m1/s1. The van der Waals surface area contributed by atoms with Crippen molar-refractivity contribution < 1.29 is 19.7 Å². The zero-order chi connectivity index (χ0) is 19.6. The molecule has 2 atom stereocenters. The zero-order valence-corrected chi connectivity index (χ0v) is 15.7. The zero-order valence-electron chi connectivity index (χ0n) is 15.7. The number of piperidine rings is 1. The van der Waals surface area contributed by atoms with Crippen LogP contribution in [0.25, 0.3) is 0 Å². The number of aromatic nitrogens is 1. The molecule has 2 fully saturated rings. The van der Waals surface area contributed by atoms with Crippen LogP contribution in [0.3, 0.4) is 0 Å². The van der Waals surface area contributed by atoms with Crippen molar-refractivity contribution in [3.8, 4) is 5.75 Å². The fourth-order valence-electron chi connectivity index (χ4n) is 4.19. The molecule has 0 spiro atoms. The topological polar surface area (TPSA) is 86.1 Å². The molecule has 0 bridgehead atoms. The summed E-state index contributed by atoms with van der Waals surface area (Å²) in [6.07, 6.45) is 1.91. The van der Waals surface area contributed by atoms with Crippen LogP contribution in [0.15, 0.2) is 48.7 Å². The van der Waals surface area contributed by atoms with Gasteiger partial charge in [0.25, 0.3) is 5.91 Å². The van der Waals surface area contributed by atoms with E-state index in [1.54, 1.807) is 11.0 Å². The highest BCUT2D eigenvalue weighted by atomic mass is 16.5. The maximum Gasteiger partial charge on any atom is 0.276 e. The highest BCUT2D eigenvalue weighted by molar-refractivity contribution is 5.94. The van der Waals surface area contributed by atoms with Gasteiger partial charge in [0.1, 0.15) is 11.4 Å². The van der Waals surface area contributed by atoms with E-state index in [9.17, 15) is 15.0 Å². The number of carbonyl (C=O) groups is 1. The summed E-state index contributed by atoms with van der Waals surface area (Å²) in [4.78, 5) is 20.9. The summed E-state index contributed by atoms with van der Waals surface area (Å²) in [5.74, 6) is -0.439. The van der Waals surface area contributed by atoms with Crippen LogP contribution in [0, 0.1) is 0 Å². The van der Waals surface area contributed by atoms with E-state index in [4.69, 9.17) is 4.74 Å². The minimum absolute atomic E-state index is 0.0494. The lowest BCUT2D eigenvalue weighted by Gasteiger charge is -2.50. The summed E-state index contributed by atoms with van der Waals surface area (Å²) in [6, 6.07) is 12.4. The minimum Gasteiger partial charge on any atom is -0.505 e. The second-order valence-electron chi connectivity index (χ2n) is 7.33. The van der Waals surface area contributed by atoms with E-state index in [1.807, 2.05) is 30.3 Å². The molecule has 1 aromatic carbocycles. The summed E-state index contributed by atoms with van der Waals surface area (Å²) in [5.41, 5.74) is -0.144. The van der Waals surface area contributed by atoms with Crippen LogP contribution < -0.4 is 0 Å². The molecule has 2 N–H and O–H groups in total.